The molecule has 2 nitrogen and oxygen atoms in total. The summed E-state index contributed by atoms with van der Waals surface area (Å²) in [6.45, 7) is 6.79. The predicted octanol–water partition coefficient (Wildman–Crippen LogP) is 6.03. The van der Waals surface area contributed by atoms with E-state index in [0.29, 0.717) is 0 Å². The predicted molar refractivity (Wildman–Crippen MR) is 109 cm³/mol. The van der Waals surface area contributed by atoms with Gasteiger partial charge < -0.3 is 4.90 Å². The Morgan fingerprint density at radius 2 is 1.64 bits per heavy atom. The maximum atomic E-state index is 5.15. The summed E-state index contributed by atoms with van der Waals surface area (Å²) in [7, 11) is 0. The molecule has 1 heterocycles. The van der Waals surface area contributed by atoms with Gasteiger partial charge in [0.1, 0.15) is 0 Å². The summed E-state index contributed by atoms with van der Waals surface area (Å²) in [5.74, 6) is 0. The zero-order chi connectivity index (χ0) is 17.5. The van der Waals surface area contributed by atoms with Crippen LogP contribution in [0.5, 0.6) is 0 Å². The zero-order valence-electron chi connectivity index (χ0n) is 15.6. The second kappa shape index (κ2) is 8.84. The van der Waals surface area contributed by atoms with Gasteiger partial charge in [0.2, 0.25) is 0 Å². The first-order valence-electron chi connectivity index (χ1n) is 9.75. The van der Waals surface area contributed by atoms with E-state index in [2.05, 4.69) is 73.3 Å². The number of para-hydroxylation sites is 1. The standard InChI is InChI=1S/C23H30N2/c1-3-12-22(24-19(2)20-13-6-4-7-14-20)21-15-8-9-16-23(21)25-17-10-5-11-18-25/h4,6-9,13-16,19H,3,5,10-12,17-18H2,1-2H3/t19-/m0/s1. The van der Waals surface area contributed by atoms with Gasteiger partial charge in [-0.1, -0.05) is 61.9 Å². The molecule has 0 unspecified atom stereocenters. The largest absolute Gasteiger partial charge is 0.371 e. The minimum atomic E-state index is 0.192. The van der Waals surface area contributed by atoms with Crippen LogP contribution in [0.2, 0.25) is 0 Å². The van der Waals surface area contributed by atoms with Crippen LogP contribution in [0, 0.1) is 0 Å². The molecule has 0 spiro atoms. The Balaban J connectivity index is 1.94. The second-order valence-electron chi connectivity index (χ2n) is 6.98. The monoisotopic (exact) mass is 334 g/mol. The first kappa shape index (κ1) is 17.7. The van der Waals surface area contributed by atoms with Crippen molar-refractivity contribution in [3.05, 3.63) is 65.7 Å². The van der Waals surface area contributed by atoms with Gasteiger partial charge in [-0.25, -0.2) is 0 Å². The maximum absolute atomic E-state index is 5.15. The molecular formula is C23H30N2. The smallest absolute Gasteiger partial charge is 0.0724 e. The molecule has 132 valence electrons. The summed E-state index contributed by atoms with van der Waals surface area (Å²) < 4.78 is 0. The number of benzene rings is 2. The highest BCUT2D eigenvalue weighted by Crippen LogP contribution is 2.27. The van der Waals surface area contributed by atoms with Crippen molar-refractivity contribution >= 4 is 11.4 Å². The van der Waals surface area contributed by atoms with Crippen LogP contribution in [0.3, 0.4) is 0 Å². The highest BCUT2D eigenvalue weighted by Gasteiger charge is 2.17. The molecule has 0 bridgehead atoms. The lowest BCUT2D eigenvalue weighted by Crippen LogP contribution is -2.30. The number of nitrogens with zero attached hydrogens (tertiary/aromatic N) is 2. The van der Waals surface area contributed by atoms with E-state index in [-0.39, 0.29) is 6.04 Å². The SMILES string of the molecule is CCCC(=N[C@@H](C)c1ccccc1)c1ccccc1N1CCCCC1. The molecule has 0 aromatic heterocycles. The van der Waals surface area contributed by atoms with E-state index in [1.165, 1.54) is 54.9 Å². The lowest BCUT2D eigenvalue weighted by Gasteiger charge is -2.31. The molecule has 2 aromatic carbocycles. The van der Waals surface area contributed by atoms with Crippen molar-refractivity contribution in [3.63, 3.8) is 0 Å². The first-order valence-corrected chi connectivity index (χ1v) is 9.75. The van der Waals surface area contributed by atoms with Crippen LogP contribution in [0.25, 0.3) is 0 Å². The summed E-state index contributed by atoms with van der Waals surface area (Å²) >= 11 is 0. The number of anilines is 1. The van der Waals surface area contributed by atoms with E-state index in [1.807, 2.05) is 0 Å². The van der Waals surface area contributed by atoms with Gasteiger partial charge in [0, 0.05) is 30.1 Å². The molecule has 0 saturated carbocycles. The highest BCUT2D eigenvalue weighted by atomic mass is 15.1. The van der Waals surface area contributed by atoms with Crippen molar-refractivity contribution in [1.29, 1.82) is 0 Å². The normalized spacial score (nSPS) is 16.7. The summed E-state index contributed by atoms with van der Waals surface area (Å²) in [6, 6.07) is 19.7. The first-order chi connectivity index (χ1) is 12.3. The summed E-state index contributed by atoms with van der Waals surface area (Å²) in [4.78, 5) is 7.70. The van der Waals surface area contributed by atoms with Gasteiger partial charge in [-0.15, -0.1) is 0 Å². The molecule has 0 aliphatic carbocycles. The Bertz CT molecular complexity index is 684. The zero-order valence-corrected chi connectivity index (χ0v) is 15.6. The van der Waals surface area contributed by atoms with Crippen molar-refractivity contribution < 1.29 is 0 Å². The van der Waals surface area contributed by atoms with Crippen LogP contribution in [-0.4, -0.2) is 18.8 Å². The number of hydrogen-bond acceptors (Lipinski definition) is 2. The lowest BCUT2D eigenvalue weighted by atomic mass is 10.00. The maximum Gasteiger partial charge on any atom is 0.0724 e. The fourth-order valence-electron chi connectivity index (χ4n) is 3.67. The van der Waals surface area contributed by atoms with Crippen molar-refractivity contribution in [2.24, 2.45) is 4.99 Å². The van der Waals surface area contributed by atoms with E-state index in [1.54, 1.807) is 0 Å². The van der Waals surface area contributed by atoms with Gasteiger partial charge in [0.25, 0.3) is 0 Å². The molecule has 1 aliphatic rings. The minimum absolute atomic E-state index is 0.192. The molecule has 1 aliphatic heterocycles. The van der Waals surface area contributed by atoms with E-state index in [4.69, 9.17) is 4.99 Å². The molecule has 0 radical (unpaired) electrons. The average molecular weight is 335 g/mol. The van der Waals surface area contributed by atoms with E-state index in [9.17, 15) is 0 Å². The molecular weight excluding hydrogens is 304 g/mol. The van der Waals surface area contributed by atoms with Crippen LogP contribution in [0.15, 0.2) is 59.6 Å². The van der Waals surface area contributed by atoms with Gasteiger partial charge in [0.15, 0.2) is 0 Å². The van der Waals surface area contributed by atoms with Gasteiger partial charge in [-0.2, -0.15) is 0 Å². The third kappa shape index (κ3) is 4.50. The van der Waals surface area contributed by atoms with Crippen molar-refractivity contribution in [1.82, 2.24) is 0 Å². The third-order valence-corrected chi connectivity index (χ3v) is 5.03. The average Bonchev–Trinajstić information content (AvgIpc) is 2.69. The van der Waals surface area contributed by atoms with Crippen LogP contribution < -0.4 is 4.90 Å². The Morgan fingerprint density at radius 3 is 2.36 bits per heavy atom. The summed E-state index contributed by atoms with van der Waals surface area (Å²) in [5, 5.41) is 0. The molecule has 1 atom stereocenters. The van der Waals surface area contributed by atoms with Gasteiger partial charge in [-0.3, -0.25) is 4.99 Å². The number of piperidine rings is 1. The molecule has 1 fully saturated rings. The fourth-order valence-corrected chi connectivity index (χ4v) is 3.67. The minimum Gasteiger partial charge on any atom is -0.371 e. The van der Waals surface area contributed by atoms with Crippen LogP contribution in [0.4, 0.5) is 5.69 Å². The van der Waals surface area contributed by atoms with Gasteiger partial charge in [0.05, 0.1) is 6.04 Å². The highest BCUT2D eigenvalue weighted by molar-refractivity contribution is 6.05. The van der Waals surface area contributed by atoms with E-state index < -0.39 is 0 Å². The van der Waals surface area contributed by atoms with Crippen LogP contribution in [-0.2, 0) is 0 Å². The molecule has 0 amide bonds. The molecule has 2 aromatic rings. The Labute approximate surface area is 152 Å². The van der Waals surface area contributed by atoms with Crippen LogP contribution >= 0.6 is 0 Å². The van der Waals surface area contributed by atoms with Crippen molar-refractivity contribution in [2.75, 3.05) is 18.0 Å². The van der Waals surface area contributed by atoms with Crippen molar-refractivity contribution in [2.45, 2.75) is 52.0 Å². The Hall–Kier alpha value is -2.09. The second-order valence-corrected chi connectivity index (χ2v) is 6.98. The Kier molecular flexibility index (Phi) is 6.27. The molecule has 2 heteroatoms. The Morgan fingerprint density at radius 1 is 0.960 bits per heavy atom. The number of hydrogen-bond donors (Lipinski definition) is 0. The molecule has 3 rings (SSSR count). The van der Waals surface area contributed by atoms with Gasteiger partial charge >= 0.3 is 0 Å². The third-order valence-electron chi connectivity index (χ3n) is 5.03. The lowest BCUT2D eigenvalue weighted by molar-refractivity contribution is 0.577. The quantitative estimate of drug-likeness (QED) is 0.589. The van der Waals surface area contributed by atoms with E-state index >= 15 is 0 Å². The molecule has 1 saturated heterocycles. The number of aliphatic imine (C=N–C) groups is 1. The van der Waals surface area contributed by atoms with Gasteiger partial charge in [-0.05, 0) is 44.2 Å². The van der Waals surface area contributed by atoms with Crippen molar-refractivity contribution in [3.8, 4) is 0 Å². The summed E-state index contributed by atoms with van der Waals surface area (Å²) in [5.41, 5.74) is 5.23. The summed E-state index contributed by atoms with van der Waals surface area (Å²) in [6.07, 6.45) is 6.11. The molecule has 25 heavy (non-hydrogen) atoms. The van der Waals surface area contributed by atoms with Crippen LogP contribution in [0.1, 0.15) is 63.1 Å². The molecule has 0 N–H and O–H groups in total. The number of rotatable bonds is 6. The van der Waals surface area contributed by atoms with E-state index in [0.717, 1.165) is 12.8 Å². The topological polar surface area (TPSA) is 15.6 Å². The fraction of sp³-hybridized carbons (Fsp3) is 0.435.